The lowest BCUT2D eigenvalue weighted by Gasteiger charge is -2.11. The minimum Gasteiger partial charge on any atom is -0.508 e. The SMILES string of the molecule is O=c1c2ccccc2nc(/C=C/c2cccc(O)c2)n1Cc1ccccc1. The second-order valence-electron chi connectivity index (χ2n) is 6.29. The Kier molecular flexibility index (Phi) is 4.54. The third-order valence-electron chi connectivity index (χ3n) is 4.37. The van der Waals surface area contributed by atoms with Crippen LogP contribution in [0, 0.1) is 0 Å². The van der Waals surface area contributed by atoms with Crippen molar-refractivity contribution in [2.75, 3.05) is 0 Å². The summed E-state index contributed by atoms with van der Waals surface area (Å²) in [6, 6.07) is 24.2. The molecule has 0 radical (unpaired) electrons. The van der Waals surface area contributed by atoms with E-state index in [9.17, 15) is 9.90 Å². The summed E-state index contributed by atoms with van der Waals surface area (Å²) in [5.41, 5.74) is 2.47. The monoisotopic (exact) mass is 354 g/mol. The number of fused-ring (bicyclic) bond motifs is 1. The van der Waals surface area contributed by atoms with E-state index in [0.29, 0.717) is 23.3 Å². The first-order valence-electron chi connectivity index (χ1n) is 8.71. The van der Waals surface area contributed by atoms with Crippen LogP contribution in [0.15, 0.2) is 83.7 Å². The van der Waals surface area contributed by atoms with E-state index in [-0.39, 0.29) is 11.3 Å². The largest absolute Gasteiger partial charge is 0.508 e. The maximum Gasteiger partial charge on any atom is 0.261 e. The van der Waals surface area contributed by atoms with Gasteiger partial charge in [0.25, 0.3) is 5.56 Å². The molecule has 1 aromatic heterocycles. The summed E-state index contributed by atoms with van der Waals surface area (Å²) in [6.07, 6.45) is 3.66. The lowest BCUT2D eigenvalue weighted by molar-refractivity contribution is 0.475. The van der Waals surface area contributed by atoms with Gasteiger partial charge in [-0.05, 0) is 41.5 Å². The van der Waals surface area contributed by atoms with Gasteiger partial charge in [0.15, 0.2) is 0 Å². The van der Waals surface area contributed by atoms with Crippen molar-refractivity contribution in [3.8, 4) is 5.75 Å². The molecule has 4 heteroatoms. The average Bonchev–Trinajstić information content (AvgIpc) is 2.70. The average molecular weight is 354 g/mol. The number of phenolic OH excluding ortho intramolecular Hbond substituents is 1. The van der Waals surface area contributed by atoms with Crippen molar-refractivity contribution in [3.63, 3.8) is 0 Å². The van der Waals surface area contributed by atoms with Crippen LogP contribution in [0.25, 0.3) is 23.1 Å². The molecule has 1 N–H and O–H groups in total. The Bertz CT molecular complexity index is 1180. The molecule has 4 nitrogen and oxygen atoms in total. The molecule has 4 rings (SSSR count). The normalized spacial score (nSPS) is 11.3. The maximum absolute atomic E-state index is 13.1. The summed E-state index contributed by atoms with van der Waals surface area (Å²) >= 11 is 0. The number of hydrogen-bond acceptors (Lipinski definition) is 3. The summed E-state index contributed by atoms with van der Waals surface area (Å²) in [7, 11) is 0. The van der Waals surface area contributed by atoms with Crippen LogP contribution in [0.2, 0.25) is 0 Å². The van der Waals surface area contributed by atoms with E-state index < -0.39 is 0 Å². The number of rotatable bonds is 4. The first-order chi connectivity index (χ1) is 13.2. The lowest BCUT2D eigenvalue weighted by Crippen LogP contribution is -2.24. The van der Waals surface area contributed by atoms with Crippen LogP contribution >= 0.6 is 0 Å². The van der Waals surface area contributed by atoms with Crippen LogP contribution in [0.1, 0.15) is 17.0 Å². The smallest absolute Gasteiger partial charge is 0.261 e. The summed E-state index contributed by atoms with van der Waals surface area (Å²) in [6.45, 7) is 0.442. The summed E-state index contributed by atoms with van der Waals surface area (Å²) in [5, 5.41) is 10.2. The van der Waals surface area contributed by atoms with E-state index in [0.717, 1.165) is 11.1 Å². The van der Waals surface area contributed by atoms with Crippen LogP contribution in [0.3, 0.4) is 0 Å². The van der Waals surface area contributed by atoms with Crippen LogP contribution in [0.5, 0.6) is 5.75 Å². The summed E-state index contributed by atoms with van der Waals surface area (Å²) in [5.74, 6) is 0.774. The number of nitrogens with zero attached hydrogens (tertiary/aromatic N) is 2. The van der Waals surface area contributed by atoms with Gasteiger partial charge in [-0.2, -0.15) is 0 Å². The molecule has 132 valence electrons. The van der Waals surface area contributed by atoms with E-state index in [1.54, 1.807) is 28.8 Å². The van der Waals surface area contributed by atoms with E-state index in [4.69, 9.17) is 0 Å². The molecule has 0 aliphatic heterocycles. The van der Waals surface area contributed by atoms with Crippen LogP contribution in [0.4, 0.5) is 0 Å². The van der Waals surface area contributed by atoms with Crippen LogP contribution in [-0.4, -0.2) is 14.7 Å². The molecule has 0 aliphatic carbocycles. The molecule has 0 aliphatic rings. The first-order valence-corrected chi connectivity index (χ1v) is 8.71. The predicted molar refractivity (Wildman–Crippen MR) is 109 cm³/mol. The van der Waals surface area contributed by atoms with E-state index in [1.165, 1.54) is 0 Å². The molecule has 3 aromatic carbocycles. The van der Waals surface area contributed by atoms with Crippen molar-refractivity contribution >= 4 is 23.1 Å². The lowest BCUT2D eigenvalue weighted by atomic mass is 10.2. The molecule has 1 heterocycles. The van der Waals surface area contributed by atoms with E-state index in [1.807, 2.05) is 66.7 Å². The molecule has 0 saturated carbocycles. The van der Waals surface area contributed by atoms with Crippen molar-refractivity contribution in [3.05, 3.63) is 106 Å². The Morgan fingerprint density at radius 3 is 2.48 bits per heavy atom. The highest BCUT2D eigenvalue weighted by Gasteiger charge is 2.09. The highest BCUT2D eigenvalue weighted by Crippen LogP contribution is 2.15. The van der Waals surface area contributed by atoms with Gasteiger partial charge in [-0.15, -0.1) is 0 Å². The van der Waals surface area contributed by atoms with Gasteiger partial charge in [-0.3, -0.25) is 9.36 Å². The van der Waals surface area contributed by atoms with Gasteiger partial charge in [0.05, 0.1) is 17.4 Å². The highest BCUT2D eigenvalue weighted by atomic mass is 16.3. The Hall–Kier alpha value is -3.66. The number of benzene rings is 3. The molecule has 0 saturated heterocycles. The topological polar surface area (TPSA) is 55.1 Å². The zero-order valence-electron chi connectivity index (χ0n) is 14.6. The second-order valence-corrected chi connectivity index (χ2v) is 6.29. The van der Waals surface area contributed by atoms with Gasteiger partial charge in [0.2, 0.25) is 0 Å². The van der Waals surface area contributed by atoms with Gasteiger partial charge in [0, 0.05) is 0 Å². The number of aromatic nitrogens is 2. The van der Waals surface area contributed by atoms with Gasteiger partial charge in [0.1, 0.15) is 11.6 Å². The van der Waals surface area contributed by atoms with Crippen molar-refractivity contribution in [1.29, 1.82) is 0 Å². The third-order valence-corrected chi connectivity index (χ3v) is 4.37. The molecule has 0 amide bonds. The zero-order valence-corrected chi connectivity index (χ0v) is 14.6. The molecule has 0 bridgehead atoms. The molecule has 0 unspecified atom stereocenters. The van der Waals surface area contributed by atoms with E-state index in [2.05, 4.69) is 4.98 Å². The van der Waals surface area contributed by atoms with Crippen LogP contribution in [-0.2, 0) is 6.54 Å². The quantitative estimate of drug-likeness (QED) is 0.594. The number of hydrogen-bond donors (Lipinski definition) is 1. The third kappa shape index (κ3) is 3.65. The Balaban J connectivity index is 1.84. The maximum atomic E-state index is 13.1. The summed E-state index contributed by atoms with van der Waals surface area (Å²) in [4.78, 5) is 17.8. The number of phenols is 1. The molecule has 27 heavy (non-hydrogen) atoms. The van der Waals surface area contributed by atoms with Gasteiger partial charge in [-0.25, -0.2) is 4.98 Å². The Labute approximate surface area is 156 Å². The van der Waals surface area contributed by atoms with Gasteiger partial charge in [-0.1, -0.05) is 60.7 Å². The standard InChI is InChI=1S/C23H18N2O2/c26-19-10-6-9-17(15-19)13-14-22-24-21-12-5-4-11-20(21)23(27)25(22)16-18-7-2-1-3-8-18/h1-15,26H,16H2/b14-13+. The predicted octanol–water partition coefficient (Wildman–Crippen LogP) is 4.32. The second kappa shape index (κ2) is 7.30. The van der Waals surface area contributed by atoms with Crippen molar-refractivity contribution in [2.45, 2.75) is 6.54 Å². The molecule has 4 aromatic rings. The fraction of sp³-hybridized carbons (Fsp3) is 0.0435. The van der Waals surface area contributed by atoms with Crippen molar-refractivity contribution < 1.29 is 5.11 Å². The van der Waals surface area contributed by atoms with Crippen molar-refractivity contribution in [1.82, 2.24) is 9.55 Å². The Morgan fingerprint density at radius 2 is 1.67 bits per heavy atom. The molecule has 0 fully saturated rings. The number of aromatic hydroxyl groups is 1. The van der Waals surface area contributed by atoms with Crippen molar-refractivity contribution in [2.24, 2.45) is 0 Å². The fourth-order valence-electron chi connectivity index (χ4n) is 3.03. The molecule has 0 atom stereocenters. The minimum atomic E-state index is -0.0694. The molecule has 0 spiro atoms. The summed E-state index contributed by atoms with van der Waals surface area (Å²) < 4.78 is 1.68. The first kappa shape index (κ1) is 16.8. The van der Waals surface area contributed by atoms with E-state index >= 15 is 0 Å². The number of para-hydroxylation sites is 1. The minimum absolute atomic E-state index is 0.0694. The van der Waals surface area contributed by atoms with Crippen LogP contribution < -0.4 is 5.56 Å². The fourth-order valence-corrected chi connectivity index (χ4v) is 3.03. The van der Waals surface area contributed by atoms with Gasteiger partial charge < -0.3 is 5.11 Å². The molecular formula is C23H18N2O2. The highest BCUT2D eigenvalue weighted by molar-refractivity contribution is 5.79. The molecular weight excluding hydrogens is 336 g/mol. The Morgan fingerprint density at radius 1 is 0.889 bits per heavy atom. The van der Waals surface area contributed by atoms with Gasteiger partial charge >= 0.3 is 0 Å². The zero-order chi connectivity index (χ0) is 18.6.